The smallest absolute Gasteiger partial charge is 0.257 e. The highest BCUT2D eigenvalue weighted by Gasteiger charge is 2.10. The lowest BCUT2D eigenvalue weighted by Gasteiger charge is -2.13. The zero-order chi connectivity index (χ0) is 14.8. The van der Waals surface area contributed by atoms with Gasteiger partial charge in [-0.3, -0.25) is 4.79 Å². The van der Waals surface area contributed by atoms with Crippen LogP contribution in [0.1, 0.15) is 18.9 Å². The molecule has 0 aliphatic heterocycles. The highest BCUT2D eigenvalue weighted by Crippen LogP contribution is 2.28. The van der Waals surface area contributed by atoms with Crippen molar-refractivity contribution in [1.29, 1.82) is 5.26 Å². The number of ether oxygens (including phenoxy) is 1. The third kappa shape index (κ3) is 5.47. The summed E-state index contributed by atoms with van der Waals surface area (Å²) in [5.41, 5.74) is 0.907. The number of carbonyl (C=O) groups is 1. The summed E-state index contributed by atoms with van der Waals surface area (Å²) >= 11 is 6.09. The molecule has 5 nitrogen and oxygen atoms in total. The summed E-state index contributed by atoms with van der Waals surface area (Å²) in [5.74, 6) is 0.250. The van der Waals surface area contributed by atoms with E-state index >= 15 is 0 Å². The van der Waals surface area contributed by atoms with Crippen molar-refractivity contribution >= 4 is 17.5 Å². The van der Waals surface area contributed by atoms with E-state index in [4.69, 9.17) is 21.6 Å². The Hall–Kier alpha value is -1.77. The molecule has 2 N–H and O–H groups in total. The Morgan fingerprint density at radius 1 is 1.50 bits per heavy atom. The summed E-state index contributed by atoms with van der Waals surface area (Å²) < 4.78 is 5.49. The molecule has 0 aromatic heterocycles. The molecular formula is C14H18ClN3O2. The number of hydrogen-bond donors (Lipinski definition) is 2. The third-order valence-electron chi connectivity index (χ3n) is 2.52. The summed E-state index contributed by atoms with van der Waals surface area (Å²) in [6, 6.07) is 7.42. The van der Waals surface area contributed by atoms with Gasteiger partial charge in [0, 0.05) is 18.7 Å². The van der Waals surface area contributed by atoms with Crippen LogP contribution in [0.3, 0.4) is 0 Å². The van der Waals surface area contributed by atoms with Gasteiger partial charge in [0.05, 0.1) is 17.5 Å². The predicted octanol–water partition coefficient (Wildman–Crippen LogP) is 1.86. The van der Waals surface area contributed by atoms with Gasteiger partial charge in [-0.05, 0) is 12.6 Å². The second kappa shape index (κ2) is 9.18. The molecule has 1 aromatic rings. The van der Waals surface area contributed by atoms with Crippen molar-refractivity contribution in [2.45, 2.75) is 19.9 Å². The van der Waals surface area contributed by atoms with E-state index in [9.17, 15) is 4.79 Å². The lowest BCUT2D eigenvalue weighted by Crippen LogP contribution is -2.29. The normalized spacial score (nSPS) is 9.85. The van der Waals surface area contributed by atoms with Crippen LogP contribution in [0.5, 0.6) is 5.75 Å². The van der Waals surface area contributed by atoms with E-state index in [2.05, 4.69) is 10.6 Å². The molecule has 0 saturated heterocycles. The minimum atomic E-state index is -0.269. The topological polar surface area (TPSA) is 74.2 Å². The lowest BCUT2D eigenvalue weighted by molar-refractivity contribution is -0.123. The molecular weight excluding hydrogens is 278 g/mol. The summed E-state index contributed by atoms with van der Waals surface area (Å²) in [6.07, 6.45) is 0.281. The minimum Gasteiger partial charge on any atom is -0.482 e. The first-order chi connectivity index (χ1) is 9.69. The van der Waals surface area contributed by atoms with Crippen LogP contribution < -0.4 is 15.4 Å². The Kier molecular flexibility index (Phi) is 7.48. The number of halogens is 1. The summed E-state index contributed by atoms with van der Waals surface area (Å²) in [4.78, 5) is 11.5. The van der Waals surface area contributed by atoms with Gasteiger partial charge in [-0.25, -0.2) is 0 Å². The van der Waals surface area contributed by atoms with Crippen LogP contribution in [-0.4, -0.2) is 25.6 Å². The fourth-order valence-electron chi connectivity index (χ4n) is 1.56. The van der Waals surface area contributed by atoms with Gasteiger partial charge in [0.15, 0.2) is 6.61 Å². The Balaban J connectivity index is 2.58. The van der Waals surface area contributed by atoms with Crippen molar-refractivity contribution in [2.24, 2.45) is 0 Å². The Morgan fingerprint density at radius 3 is 3.00 bits per heavy atom. The van der Waals surface area contributed by atoms with E-state index in [1.54, 1.807) is 6.07 Å². The highest BCUT2D eigenvalue weighted by molar-refractivity contribution is 6.32. The average Bonchev–Trinajstić information content (AvgIpc) is 2.44. The van der Waals surface area contributed by atoms with Gasteiger partial charge in [0.25, 0.3) is 5.91 Å². The first-order valence-corrected chi connectivity index (χ1v) is 6.81. The number of nitrogens with zero attached hydrogens (tertiary/aromatic N) is 1. The van der Waals surface area contributed by atoms with E-state index in [0.29, 0.717) is 23.9 Å². The average molecular weight is 296 g/mol. The van der Waals surface area contributed by atoms with Crippen molar-refractivity contribution in [3.63, 3.8) is 0 Å². The Bertz CT molecular complexity index is 486. The van der Waals surface area contributed by atoms with E-state index in [0.717, 1.165) is 12.1 Å². The molecule has 108 valence electrons. The van der Waals surface area contributed by atoms with Gasteiger partial charge in [-0.2, -0.15) is 5.26 Å². The monoisotopic (exact) mass is 295 g/mol. The maximum Gasteiger partial charge on any atom is 0.257 e. The molecule has 0 heterocycles. The largest absolute Gasteiger partial charge is 0.482 e. The molecule has 1 rings (SSSR count). The van der Waals surface area contributed by atoms with Crippen molar-refractivity contribution in [3.8, 4) is 11.8 Å². The first-order valence-electron chi connectivity index (χ1n) is 6.43. The molecule has 6 heteroatoms. The molecule has 1 aromatic carbocycles. The molecule has 20 heavy (non-hydrogen) atoms. The molecule has 0 fully saturated rings. The van der Waals surface area contributed by atoms with Gasteiger partial charge in [0.1, 0.15) is 5.75 Å². The summed E-state index contributed by atoms with van der Waals surface area (Å²) in [6.45, 7) is 3.68. The standard InChI is InChI=1S/C14H18ClN3O2/c1-2-17-9-11-5-3-6-12(15)14(11)20-10-13(19)18-8-4-7-16/h3,5-6,17H,2,4,8-10H2,1H3,(H,18,19). The van der Waals surface area contributed by atoms with Crippen LogP contribution >= 0.6 is 11.6 Å². The molecule has 0 aliphatic carbocycles. The number of nitriles is 1. The number of para-hydroxylation sites is 1. The Morgan fingerprint density at radius 2 is 2.30 bits per heavy atom. The summed E-state index contributed by atoms with van der Waals surface area (Å²) in [7, 11) is 0. The van der Waals surface area contributed by atoms with Crippen molar-refractivity contribution in [3.05, 3.63) is 28.8 Å². The molecule has 0 atom stereocenters. The SMILES string of the molecule is CCNCc1cccc(Cl)c1OCC(=O)NCCC#N. The van der Waals surface area contributed by atoms with Crippen LogP contribution in [-0.2, 0) is 11.3 Å². The van der Waals surface area contributed by atoms with Crippen molar-refractivity contribution in [2.75, 3.05) is 19.7 Å². The van der Waals surface area contributed by atoms with E-state index < -0.39 is 0 Å². The molecule has 0 bridgehead atoms. The predicted molar refractivity (Wildman–Crippen MR) is 77.6 cm³/mol. The second-order valence-corrected chi connectivity index (χ2v) is 4.46. The van der Waals surface area contributed by atoms with Gasteiger partial charge >= 0.3 is 0 Å². The van der Waals surface area contributed by atoms with Crippen LogP contribution in [0.25, 0.3) is 0 Å². The van der Waals surface area contributed by atoms with Crippen LogP contribution in [0, 0.1) is 11.3 Å². The summed E-state index contributed by atoms with van der Waals surface area (Å²) in [5, 5.41) is 14.6. The van der Waals surface area contributed by atoms with Gasteiger partial charge in [-0.1, -0.05) is 30.7 Å². The maximum absolute atomic E-state index is 11.5. The molecule has 0 aliphatic rings. The quantitative estimate of drug-likeness (QED) is 0.718. The van der Waals surface area contributed by atoms with Crippen molar-refractivity contribution in [1.82, 2.24) is 10.6 Å². The number of nitrogens with one attached hydrogen (secondary N) is 2. The van der Waals surface area contributed by atoms with Crippen molar-refractivity contribution < 1.29 is 9.53 Å². The number of carbonyl (C=O) groups excluding carboxylic acids is 1. The fourth-order valence-corrected chi connectivity index (χ4v) is 1.81. The zero-order valence-corrected chi connectivity index (χ0v) is 12.2. The number of rotatable bonds is 8. The number of benzene rings is 1. The van der Waals surface area contributed by atoms with Gasteiger partial charge < -0.3 is 15.4 Å². The van der Waals surface area contributed by atoms with Gasteiger partial charge in [0.2, 0.25) is 0 Å². The Labute approximate surface area is 123 Å². The minimum absolute atomic E-state index is 0.117. The second-order valence-electron chi connectivity index (χ2n) is 4.06. The number of amides is 1. The molecule has 0 saturated carbocycles. The van der Waals surface area contributed by atoms with E-state index in [1.807, 2.05) is 25.1 Å². The maximum atomic E-state index is 11.5. The molecule has 1 amide bonds. The first kappa shape index (κ1) is 16.3. The van der Waals surface area contributed by atoms with Crippen LogP contribution in [0.15, 0.2) is 18.2 Å². The fraction of sp³-hybridized carbons (Fsp3) is 0.429. The zero-order valence-electron chi connectivity index (χ0n) is 11.4. The molecule has 0 spiro atoms. The van der Waals surface area contributed by atoms with Gasteiger partial charge in [-0.15, -0.1) is 0 Å². The van der Waals surface area contributed by atoms with Crippen LogP contribution in [0.4, 0.5) is 0 Å². The molecule has 0 radical (unpaired) electrons. The number of hydrogen-bond acceptors (Lipinski definition) is 4. The third-order valence-corrected chi connectivity index (χ3v) is 2.82. The van der Waals surface area contributed by atoms with E-state index in [1.165, 1.54) is 0 Å². The van der Waals surface area contributed by atoms with Crippen LogP contribution in [0.2, 0.25) is 5.02 Å². The highest BCUT2D eigenvalue weighted by atomic mass is 35.5. The molecule has 0 unspecified atom stereocenters. The van der Waals surface area contributed by atoms with E-state index in [-0.39, 0.29) is 18.9 Å². The lowest BCUT2D eigenvalue weighted by atomic mass is 10.2.